The molecule has 8 heteroatoms. The Morgan fingerprint density at radius 2 is 2.00 bits per heavy atom. The lowest BCUT2D eigenvalue weighted by molar-refractivity contribution is -0.116. The van der Waals surface area contributed by atoms with E-state index >= 15 is 0 Å². The van der Waals surface area contributed by atoms with E-state index in [1.54, 1.807) is 31.0 Å². The first kappa shape index (κ1) is 16.3. The van der Waals surface area contributed by atoms with E-state index in [2.05, 4.69) is 20.8 Å². The fourth-order valence-electron chi connectivity index (χ4n) is 1.81. The summed E-state index contributed by atoms with van der Waals surface area (Å²) in [4.78, 5) is 12.5. The van der Waals surface area contributed by atoms with E-state index in [1.807, 2.05) is 26.0 Å². The molecule has 7 nitrogen and oxygen atoms in total. The molecule has 0 radical (unpaired) electrons. The van der Waals surface area contributed by atoms with Crippen LogP contribution in [-0.2, 0) is 11.8 Å². The SMILES string of the molecule is COc1ccc(NC(=O)C(Sc2nnnn2C)C(C)C)cc1. The lowest BCUT2D eigenvalue weighted by Gasteiger charge is -2.18. The average molecular weight is 321 g/mol. The molecule has 1 atom stereocenters. The van der Waals surface area contributed by atoms with Crippen LogP contribution in [0.3, 0.4) is 0 Å². The van der Waals surface area contributed by atoms with Crippen LogP contribution in [-0.4, -0.2) is 38.5 Å². The normalized spacial score (nSPS) is 12.2. The van der Waals surface area contributed by atoms with E-state index in [4.69, 9.17) is 4.74 Å². The summed E-state index contributed by atoms with van der Waals surface area (Å²) in [5, 5.41) is 14.5. The Labute approximate surface area is 133 Å². The highest BCUT2D eigenvalue weighted by Gasteiger charge is 2.25. The van der Waals surface area contributed by atoms with Crippen molar-refractivity contribution in [1.82, 2.24) is 20.2 Å². The molecule has 1 aromatic carbocycles. The second-order valence-electron chi connectivity index (χ2n) is 5.09. The summed E-state index contributed by atoms with van der Waals surface area (Å²) in [7, 11) is 3.36. The van der Waals surface area contributed by atoms with Gasteiger partial charge in [0, 0.05) is 12.7 Å². The number of rotatable bonds is 6. The zero-order valence-corrected chi connectivity index (χ0v) is 13.8. The zero-order valence-electron chi connectivity index (χ0n) is 13.0. The van der Waals surface area contributed by atoms with Gasteiger partial charge in [0.2, 0.25) is 11.1 Å². The lowest BCUT2D eigenvalue weighted by atomic mass is 10.1. The van der Waals surface area contributed by atoms with Gasteiger partial charge in [0.25, 0.3) is 0 Å². The maximum absolute atomic E-state index is 12.5. The van der Waals surface area contributed by atoms with E-state index in [1.165, 1.54) is 11.8 Å². The molecule has 1 unspecified atom stereocenters. The van der Waals surface area contributed by atoms with Gasteiger partial charge in [0.1, 0.15) is 5.75 Å². The summed E-state index contributed by atoms with van der Waals surface area (Å²) in [5.74, 6) is 0.811. The number of hydrogen-bond acceptors (Lipinski definition) is 6. The van der Waals surface area contributed by atoms with Crippen LogP contribution in [0.5, 0.6) is 5.75 Å². The van der Waals surface area contributed by atoms with Crippen molar-refractivity contribution in [3.8, 4) is 5.75 Å². The van der Waals surface area contributed by atoms with Gasteiger partial charge in [-0.3, -0.25) is 4.79 Å². The van der Waals surface area contributed by atoms with E-state index in [0.29, 0.717) is 5.16 Å². The summed E-state index contributed by atoms with van der Waals surface area (Å²) >= 11 is 1.36. The quantitative estimate of drug-likeness (QED) is 0.819. The summed E-state index contributed by atoms with van der Waals surface area (Å²) in [5.41, 5.74) is 0.730. The van der Waals surface area contributed by atoms with Crippen molar-refractivity contribution < 1.29 is 9.53 Å². The molecule has 0 saturated carbocycles. The largest absolute Gasteiger partial charge is 0.497 e. The third kappa shape index (κ3) is 3.97. The zero-order chi connectivity index (χ0) is 16.1. The number of carbonyl (C=O) groups excluding carboxylic acids is 1. The van der Waals surface area contributed by atoms with E-state index in [-0.39, 0.29) is 17.1 Å². The van der Waals surface area contributed by atoms with Crippen LogP contribution in [0, 0.1) is 5.92 Å². The maximum atomic E-state index is 12.5. The van der Waals surface area contributed by atoms with Gasteiger partial charge in [0.05, 0.1) is 12.4 Å². The number of amides is 1. The summed E-state index contributed by atoms with van der Waals surface area (Å²) in [6, 6.07) is 7.23. The molecule has 1 amide bonds. The number of nitrogens with zero attached hydrogens (tertiary/aromatic N) is 4. The Hall–Kier alpha value is -2.09. The first-order chi connectivity index (χ1) is 10.5. The van der Waals surface area contributed by atoms with Crippen LogP contribution in [0.1, 0.15) is 13.8 Å². The minimum atomic E-state index is -0.285. The molecule has 22 heavy (non-hydrogen) atoms. The highest BCUT2D eigenvalue weighted by Crippen LogP contribution is 2.27. The predicted molar refractivity (Wildman–Crippen MR) is 84.9 cm³/mol. The average Bonchev–Trinajstić information content (AvgIpc) is 2.90. The molecule has 0 spiro atoms. The molecule has 0 saturated heterocycles. The van der Waals surface area contributed by atoms with Gasteiger partial charge in [0.15, 0.2) is 0 Å². The standard InChI is InChI=1S/C14H19N5O2S/c1-9(2)12(22-14-16-17-18-19(14)3)13(20)15-10-5-7-11(21-4)8-6-10/h5-9,12H,1-4H3,(H,15,20). The Bertz CT molecular complexity index is 626. The topological polar surface area (TPSA) is 81.9 Å². The third-order valence-electron chi connectivity index (χ3n) is 3.04. The van der Waals surface area contributed by atoms with Gasteiger partial charge in [-0.2, -0.15) is 0 Å². The number of ether oxygens (including phenoxy) is 1. The molecule has 0 fully saturated rings. The van der Waals surface area contributed by atoms with E-state index in [0.717, 1.165) is 11.4 Å². The molecule has 1 heterocycles. The number of aromatic nitrogens is 4. The van der Waals surface area contributed by atoms with Gasteiger partial charge in [-0.25, -0.2) is 4.68 Å². The second-order valence-corrected chi connectivity index (χ2v) is 6.19. The molecule has 2 rings (SSSR count). The van der Waals surface area contributed by atoms with Gasteiger partial charge in [-0.15, -0.1) is 5.10 Å². The number of nitrogens with one attached hydrogen (secondary N) is 1. The smallest absolute Gasteiger partial charge is 0.238 e. The van der Waals surface area contributed by atoms with Crippen LogP contribution in [0.15, 0.2) is 29.4 Å². The first-order valence-corrected chi connectivity index (χ1v) is 7.73. The van der Waals surface area contributed by atoms with Crippen LogP contribution in [0.4, 0.5) is 5.69 Å². The summed E-state index contributed by atoms with van der Waals surface area (Å²) in [6.07, 6.45) is 0. The van der Waals surface area contributed by atoms with Crippen LogP contribution >= 0.6 is 11.8 Å². The van der Waals surface area contributed by atoms with Crippen molar-refractivity contribution in [2.24, 2.45) is 13.0 Å². The number of benzene rings is 1. The van der Waals surface area contributed by atoms with Crippen LogP contribution < -0.4 is 10.1 Å². The number of hydrogen-bond donors (Lipinski definition) is 1. The number of tetrazole rings is 1. The van der Waals surface area contributed by atoms with Crippen molar-refractivity contribution in [2.75, 3.05) is 12.4 Å². The molecule has 1 N–H and O–H groups in total. The Morgan fingerprint density at radius 3 is 2.50 bits per heavy atom. The monoisotopic (exact) mass is 321 g/mol. The lowest BCUT2D eigenvalue weighted by Crippen LogP contribution is -2.30. The van der Waals surface area contributed by atoms with Gasteiger partial charge < -0.3 is 10.1 Å². The minimum Gasteiger partial charge on any atom is -0.497 e. The van der Waals surface area contributed by atoms with Crippen LogP contribution in [0.25, 0.3) is 0 Å². The minimum absolute atomic E-state index is 0.0758. The Balaban J connectivity index is 2.07. The highest BCUT2D eigenvalue weighted by molar-refractivity contribution is 8.00. The molecule has 0 bridgehead atoms. The fourth-order valence-corrected chi connectivity index (χ4v) is 2.75. The highest BCUT2D eigenvalue weighted by atomic mass is 32.2. The maximum Gasteiger partial charge on any atom is 0.238 e. The molecule has 0 aliphatic heterocycles. The molecule has 0 aliphatic rings. The number of methoxy groups -OCH3 is 1. The molecule has 1 aromatic heterocycles. The van der Waals surface area contributed by atoms with Crippen molar-refractivity contribution >= 4 is 23.4 Å². The van der Waals surface area contributed by atoms with E-state index in [9.17, 15) is 4.79 Å². The molecule has 118 valence electrons. The first-order valence-electron chi connectivity index (χ1n) is 6.85. The van der Waals surface area contributed by atoms with Gasteiger partial charge in [-0.1, -0.05) is 25.6 Å². The third-order valence-corrected chi connectivity index (χ3v) is 4.60. The Morgan fingerprint density at radius 1 is 1.32 bits per heavy atom. The summed E-state index contributed by atoms with van der Waals surface area (Å²) < 4.78 is 6.66. The van der Waals surface area contributed by atoms with Crippen molar-refractivity contribution in [2.45, 2.75) is 24.3 Å². The van der Waals surface area contributed by atoms with Gasteiger partial charge in [-0.05, 0) is 40.6 Å². The number of carbonyl (C=O) groups is 1. The number of aryl methyl sites for hydroxylation is 1. The molecule has 0 aliphatic carbocycles. The molecule has 2 aromatic rings. The van der Waals surface area contributed by atoms with Crippen molar-refractivity contribution in [1.29, 1.82) is 0 Å². The number of anilines is 1. The van der Waals surface area contributed by atoms with Crippen LogP contribution in [0.2, 0.25) is 0 Å². The second kappa shape index (κ2) is 7.26. The summed E-state index contributed by atoms with van der Waals surface area (Å²) in [6.45, 7) is 3.99. The van der Waals surface area contributed by atoms with Crippen molar-refractivity contribution in [3.05, 3.63) is 24.3 Å². The fraction of sp³-hybridized carbons (Fsp3) is 0.429. The van der Waals surface area contributed by atoms with E-state index < -0.39 is 0 Å². The molecular weight excluding hydrogens is 302 g/mol. The number of thioether (sulfide) groups is 1. The van der Waals surface area contributed by atoms with Gasteiger partial charge >= 0.3 is 0 Å². The molecular formula is C14H19N5O2S. The predicted octanol–water partition coefficient (Wildman–Crippen LogP) is 1.97. The van der Waals surface area contributed by atoms with Crippen molar-refractivity contribution in [3.63, 3.8) is 0 Å². The Kier molecular flexibility index (Phi) is 5.37.